The molecule has 1 aromatic carbocycles. The van der Waals surface area contributed by atoms with Crippen LogP contribution in [-0.4, -0.2) is 43.8 Å². The number of nitrogens with one attached hydrogen (secondary N) is 1. The van der Waals surface area contributed by atoms with Crippen molar-refractivity contribution in [2.75, 3.05) is 43.9 Å². The fourth-order valence-electron chi connectivity index (χ4n) is 2.41. The van der Waals surface area contributed by atoms with E-state index in [1.807, 2.05) is 12.1 Å². The van der Waals surface area contributed by atoms with E-state index < -0.39 is 0 Å². The molecule has 1 unspecified atom stereocenters. The van der Waals surface area contributed by atoms with Gasteiger partial charge < -0.3 is 25.4 Å². The van der Waals surface area contributed by atoms with E-state index in [-0.39, 0.29) is 0 Å². The fourth-order valence-corrected chi connectivity index (χ4v) is 2.41. The van der Waals surface area contributed by atoms with Crippen molar-refractivity contribution in [3.05, 3.63) is 12.1 Å². The Morgan fingerprint density at radius 2 is 1.80 bits per heavy atom. The van der Waals surface area contributed by atoms with Crippen LogP contribution in [0.2, 0.25) is 0 Å². The van der Waals surface area contributed by atoms with Crippen molar-refractivity contribution in [2.45, 2.75) is 26.8 Å². The van der Waals surface area contributed by atoms with Crippen LogP contribution < -0.4 is 20.5 Å². The Balaban J connectivity index is 2.05. The Hall–Kier alpha value is -1.62. The van der Waals surface area contributed by atoms with Crippen molar-refractivity contribution in [1.29, 1.82) is 0 Å². The fraction of sp³-hybridized carbons (Fsp3) is 0.600. The first kappa shape index (κ1) is 14.8. The van der Waals surface area contributed by atoms with Gasteiger partial charge in [-0.05, 0) is 20.0 Å². The molecule has 0 saturated heterocycles. The third-order valence-corrected chi connectivity index (χ3v) is 3.54. The molecule has 1 aliphatic rings. The summed E-state index contributed by atoms with van der Waals surface area (Å²) >= 11 is 0. The number of hydrogen-bond donors (Lipinski definition) is 2. The predicted molar refractivity (Wildman–Crippen MR) is 82.7 cm³/mol. The minimum absolute atomic E-state index is 0.319. The van der Waals surface area contributed by atoms with Crippen LogP contribution in [0, 0.1) is 0 Å². The van der Waals surface area contributed by atoms with Gasteiger partial charge >= 0.3 is 0 Å². The molecule has 5 nitrogen and oxygen atoms in total. The summed E-state index contributed by atoms with van der Waals surface area (Å²) in [4.78, 5) is 2.38. The molecular formula is C15H25N3O2. The summed E-state index contributed by atoms with van der Waals surface area (Å²) in [7, 11) is 0. The van der Waals surface area contributed by atoms with Crippen molar-refractivity contribution in [2.24, 2.45) is 0 Å². The maximum atomic E-state index is 6.08. The second-order valence-corrected chi connectivity index (χ2v) is 5.11. The van der Waals surface area contributed by atoms with Gasteiger partial charge in [0.05, 0.1) is 11.4 Å². The topological polar surface area (TPSA) is 59.8 Å². The van der Waals surface area contributed by atoms with Gasteiger partial charge in [-0.2, -0.15) is 0 Å². The van der Waals surface area contributed by atoms with Gasteiger partial charge in [-0.1, -0.05) is 13.8 Å². The van der Waals surface area contributed by atoms with Crippen LogP contribution in [0.3, 0.4) is 0 Å². The summed E-state index contributed by atoms with van der Waals surface area (Å²) in [6.45, 7) is 10.8. The van der Waals surface area contributed by atoms with Crippen LogP contribution >= 0.6 is 0 Å². The van der Waals surface area contributed by atoms with Gasteiger partial charge in [0, 0.05) is 24.7 Å². The zero-order chi connectivity index (χ0) is 14.5. The van der Waals surface area contributed by atoms with Gasteiger partial charge in [-0.15, -0.1) is 0 Å². The zero-order valence-corrected chi connectivity index (χ0v) is 12.6. The normalized spacial score (nSPS) is 15.2. The lowest BCUT2D eigenvalue weighted by Crippen LogP contribution is -2.34. The number of nitrogens with two attached hydrogens (primary N) is 1. The highest BCUT2D eigenvalue weighted by Crippen LogP contribution is 2.37. The maximum absolute atomic E-state index is 6.08. The molecule has 1 atom stereocenters. The quantitative estimate of drug-likeness (QED) is 0.782. The molecule has 1 heterocycles. The van der Waals surface area contributed by atoms with Gasteiger partial charge in [0.2, 0.25) is 0 Å². The molecule has 5 heteroatoms. The molecule has 0 aliphatic carbocycles. The van der Waals surface area contributed by atoms with E-state index in [1.165, 1.54) is 0 Å². The van der Waals surface area contributed by atoms with Gasteiger partial charge in [-0.25, -0.2) is 0 Å². The third-order valence-electron chi connectivity index (χ3n) is 3.54. The molecule has 2 rings (SSSR count). The van der Waals surface area contributed by atoms with Crippen molar-refractivity contribution in [3.8, 4) is 11.5 Å². The predicted octanol–water partition coefficient (Wildman–Crippen LogP) is 2.18. The van der Waals surface area contributed by atoms with Gasteiger partial charge in [0.15, 0.2) is 11.5 Å². The second-order valence-electron chi connectivity index (χ2n) is 5.11. The molecule has 0 aromatic heterocycles. The Morgan fingerprint density at radius 3 is 2.40 bits per heavy atom. The minimum atomic E-state index is 0.319. The van der Waals surface area contributed by atoms with Crippen LogP contribution in [0.5, 0.6) is 11.5 Å². The van der Waals surface area contributed by atoms with E-state index in [1.54, 1.807) is 0 Å². The maximum Gasteiger partial charge on any atom is 0.163 e. The summed E-state index contributed by atoms with van der Waals surface area (Å²) in [5.74, 6) is 1.50. The van der Waals surface area contributed by atoms with Gasteiger partial charge in [0.25, 0.3) is 0 Å². The summed E-state index contributed by atoms with van der Waals surface area (Å²) in [6.07, 6.45) is 0. The Kier molecular flexibility index (Phi) is 4.95. The molecule has 0 bridgehead atoms. The number of fused-ring (bicyclic) bond motifs is 1. The molecule has 1 aliphatic heterocycles. The van der Waals surface area contributed by atoms with Crippen molar-refractivity contribution >= 4 is 11.4 Å². The SMILES string of the molecule is CCN(CC)CC(C)Nc1cc2c(cc1N)OCCO2. The number of anilines is 2. The lowest BCUT2D eigenvalue weighted by Gasteiger charge is -2.26. The summed E-state index contributed by atoms with van der Waals surface area (Å²) in [6, 6.07) is 4.09. The number of rotatable bonds is 6. The molecule has 0 spiro atoms. The van der Waals surface area contributed by atoms with E-state index in [0.29, 0.717) is 24.9 Å². The van der Waals surface area contributed by atoms with Crippen molar-refractivity contribution in [3.63, 3.8) is 0 Å². The van der Waals surface area contributed by atoms with E-state index in [2.05, 4.69) is 31.0 Å². The number of likely N-dealkylation sites (N-methyl/N-ethyl adjacent to an activating group) is 1. The molecular weight excluding hydrogens is 254 g/mol. The molecule has 0 saturated carbocycles. The van der Waals surface area contributed by atoms with Crippen LogP contribution in [0.4, 0.5) is 11.4 Å². The number of benzene rings is 1. The van der Waals surface area contributed by atoms with E-state index in [9.17, 15) is 0 Å². The van der Waals surface area contributed by atoms with Crippen LogP contribution in [0.1, 0.15) is 20.8 Å². The van der Waals surface area contributed by atoms with E-state index in [4.69, 9.17) is 15.2 Å². The number of nitrogens with zero attached hydrogens (tertiary/aromatic N) is 1. The zero-order valence-electron chi connectivity index (χ0n) is 12.6. The lowest BCUT2D eigenvalue weighted by molar-refractivity contribution is 0.172. The standard InChI is InChI=1S/C15H25N3O2/c1-4-18(5-2)10-11(3)17-13-9-15-14(8-12(13)16)19-6-7-20-15/h8-9,11,17H,4-7,10,16H2,1-3H3. The second kappa shape index (κ2) is 6.70. The average Bonchev–Trinajstić information content (AvgIpc) is 2.45. The van der Waals surface area contributed by atoms with Crippen molar-refractivity contribution < 1.29 is 9.47 Å². The first-order valence-electron chi connectivity index (χ1n) is 7.32. The van der Waals surface area contributed by atoms with E-state index >= 15 is 0 Å². The molecule has 0 fully saturated rings. The van der Waals surface area contributed by atoms with Crippen LogP contribution in [-0.2, 0) is 0 Å². The molecule has 1 aromatic rings. The minimum Gasteiger partial charge on any atom is -0.486 e. The molecule has 0 radical (unpaired) electrons. The highest BCUT2D eigenvalue weighted by Gasteiger charge is 2.16. The highest BCUT2D eigenvalue weighted by atomic mass is 16.6. The Bertz CT molecular complexity index is 447. The van der Waals surface area contributed by atoms with Gasteiger partial charge in [-0.3, -0.25) is 0 Å². The molecule has 112 valence electrons. The Labute approximate surface area is 121 Å². The lowest BCUT2D eigenvalue weighted by atomic mass is 10.2. The average molecular weight is 279 g/mol. The molecule has 3 N–H and O–H groups in total. The van der Waals surface area contributed by atoms with Crippen molar-refractivity contribution in [1.82, 2.24) is 4.90 Å². The van der Waals surface area contributed by atoms with Gasteiger partial charge in [0.1, 0.15) is 13.2 Å². The smallest absolute Gasteiger partial charge is 0.163 e. The summed E-state index contributed by atoms with van der Waals surface area (Å²) in [5, 5.41) is 3.46. The molecule has 0 amide bonds. The largest absolute Gasteiger partial charge is 0.486 e. The first-order chi connectivity index (χ1) is 9.63. The number of ether oxygens (including phenoxy) is 2. The van der Waals surface area contributed by atoms with Crippen LogP contribution in [0.25, 0.3) is 0 Å². The Morgan fingerprint density at radius 1 is 1.20 bits per heavy atom. The number of hydrogen-bond acceptors (Lipinski definition) is 5. The number of nitrogen functional groups attached to an aromatic ring is 1. The molecule has 20 heavy (non-hydrogen) atoms. The summed E-state index contributed by atoms with van der Waals surface area (Å²) in [5.41, 5.74) is 7.68. The summed E-state index contributed by atoms with van der Waals surface area (Å²) < 4.78 is 11.1. The highest BCUT2D eigenvalue weighted by molar-refractivity contribution is 5.72. The third kappa shape index (κ3) is 3.48. The van der Waals surface area contributed by atoms with E-state index in [0.717, 1.165) is 36.8 Å². The van der Waals surface area contributed by atoms with Crippen LogP contribution in [0.15, 0.2) is 12.1 Å². The first-order valence-corrected chi connectivity index (χ1v) is 7.32. The monoisotopic (exact) mass is 279 g/mol.